The fraction of sp³-hybridized carbons (Fsp3) is 0.222. The highest BCUT2D eigenvalue weighted by Crippen LogP contribution is 2.36. The molecular formula is C18H20N2O5. The lowest BCUT2D eigenvalue weighted by molar-refractivity contribution is 0.0953. The molecule has 0 atom stereocenters. The van der Waals surface area contributed by atoms with Gasteiger partial charge < -0.3 is 24.5 Å². The zero-order valence-electron chi connectivity index (χ0n) is 14.2. The van der Waals surface area contributed by atoms with Crippen LogP contribution in [0.4, 0.5) is 0 Å². The van der Waals surface area contributed by atoms with Gasteiger partial charge in [-0.2, -0.15) is 0 Å². The van der Waals surface area contributed by atoms with Gasteiger partial charge in [-0.1, -0.05) is 12.2 Å². The number of benzene rings is 1. The number of ether oxygens (including phenoxy) is 2. The molecule has 1 aromatic heterocycles. The van der Waals surface area contributed by atoms with Crippen LogP contribution in [-0.2, 0) is 6.54 Å². The first-order valence-corrected chi connectivity index (χ1v) is 7.51. The van der Waals surface area contributed by atoms with Crippen LogP contribution in [0.15, 0.2) is 42.2 Å². The van der Waals surface area contributed by atoms with E-state index in [4.69, 9.17) is 9.47 Å². The number of carbonyl (C=O) groups excluding carboxylic acids is 1. The lowest BCUT2D eigenvalue weighted by atomic mass is 10.1. The molecule has 0 aliphatic carbocycles. The van der Waals surface area contributed by atoms with Crippen LogP contribution in [0.2, 0.25) is 0 Å². The minimum atomic E-state index is -0.683. The zero-order chi connectivity index (χ0) is 18.6. The zero-order valence-corrected chi connectivity index (χ0v) is 14.2. The molecule has 7 heteroatoms. The summed E-state index contributed by atoms with van der Waals surface area (Å²) in [5.41, 5.74) is -0.567. The Hall–Kier alpha value is -3.22. The maximum atomic E-state index is 12.7. The molecule has 0 aliphatic rings. The first-order valence-electron chi connectivity index (χ1n) is 7.51. The Labute approximate surface area is 144 Å². The summed E-state index contributed by atoms with van der Waals surface area (Å²) in [5, 5.41) is 13.4. The predicted molar refractivity (Wildman–Crippen MR) is 95.7 cm³/mol. The van der Waals surface area contributed by atoms with Gasteiger partial charge in [-0.25, -0.2) is 0 Å². The number of hydrogen-bond donors (Lipinski definition) is 2. The minimum Gasteiger partial charge on any atom is -0.506 e. The highest BCUT2D eigenvalue weighted by Gasteiger charge is 2.23. The van der Waals surface area contributed by atoms with Gasteiger partial charge in [0.25, 0.3) is 11.5 Å². The van der Waals surface area contributed by atoms with E-state index in [0.717, 1.165) is 0 Å². The summed E-state index contributed by atoms with van der Waals surface area (Å²) in [7, 11) is 2.93. The number of pyridine rings is 1. The van der Waals surface area contributed by atoms with Crippen LogP contribution in [0.1, 0.15) is 10.4 Å². The van der Waals surface area contributed by atoms with Crippen LogP contribution in [0.3, 0.4) is 0 Å². The molecule has 0 radical (unpaired) electrons. The number of amides is 1. The van der Waals surface area contributed by atoms with Crippen LogP contribution < -0.4 is 20.3 Å². The minimum absolute atomic E-state index is 0.160. The number of rotatable bonds is 7. The lowest BCUT2D eigenvalue weighted by Gasteiger charge is -2.16. The molecule has 0 spiro atoms. The first kappa shape index (κ1) is 18.1. The largest absolute Gasteiger partial charge is 0.506 e. The second kappa shape index (κ2) is 7.57. The molecule has 0 saturated carbocycles. The first-order chi connectivity index (χ1) is 12.0. The number of fused-ring (bicyclic) bond motifs is 1. The lowest BCUT2D eigenvalue weighted by Crippen LogP contribution is -2.33. The van der Waals surface area contributed by atoms with Crippen LogP contribution in [0.5, 0.6) is 17.2 Å². The average molecular weight is 344 g/mol. The van der Waals surface area contributed by atoms with E-state index in [1.807, 2.05) is 0 Å². The van der Waals surface area contributed by atoms with Crippen molar-refractivity contribution < 1.29 is 19.4 Å². The van der Waals surface area contributed by atoms with E-state index in [1.54, 1.807) is 6.07 Å². The van der Waals surface area contributed by atoms with Gasteiger partial charge in [-0.3, -0.25) is 9.59 Å². The Morgan fingerprint density at radius 3 is 2.44 bits per heavy atom. The Morgan fingerprint density at radius 1 is 1.24 bits per heavy atom. The third kappa shape index (κ3) is 3.21. The number of aromatic nitrogens is 1. The van der Waals surface area contributed by atoms with Gasteiger partial charge in [0.15, 0.2) is 11.5 Å². The summed E-state index contributed by atoms with van der Waals surface area (Å²) >= 11 is 0. The van der Waals surface area contributed by atoms with Gasteiger partial charge in [-0.15, -0.1) is 13.2 Å². The molecule has 7 nitrogen and oxygen atoms in total. The summed E-state index contributed by atoms with van der Waals surface area (Å²) in [6.45, 7) is 7.47. The van der Waals surface area contributed by atoms with Gasteiger partial charge >= 0.3 is 0 Å². The van der Waals surface area contributed by atoms with E-state index in [1.165, 1.54) is 37.0 Å². The highest BCUT2D eigenvalue weighted by atomic mass is 16.5. The third-order valence-corrected chi connectivity index (χ3v) is 3.69. The molecule has 0 bridgehead atoms. The second-order valence-electron chi connectivity index (χ2n) is 5.15. The number of carbonyl (C=O) groups is 1. The fourth-order valence-corrected chi connectivity index (χ4v) is 2.53. The summed E-state index contributed by atoms with van der Waals surface area (Å²) in [6, 6.07) is 3.09. The van der Waals surface area contributed by atoms with E-state index < -0.39 is 17.2 Å². The topological polar surface area (TPSA) is 89.8 Å². The molecule has 0 unspecified atom stereocenters. The number of allylic oxidation sites excluding steroid dienone is 1. The molecular weight excluding hydrogens is 324 g/mol. The van der Waals surface area contributed by atoms with Crippen molar-refractivity contribution in [2.24, 2.45) is 0 Å². The number of aromatic hydroxyl groups is 1. The van der Waals surface area contributed by atoms with Crippen molar-refractivity contribution in [3.8, 4) is 17.2 Å². The van der Waals surface area contributed by atoms with Crippen molar-refractivity contribution >= 4 is 16.8 Å². The van der Waals surface area contributed by atoms with Crippen LogP contribution in [0.25, 0.3) is 10.9 Å². The molecule has 1 amide bonds. The van der Waals surface area contributed by atoms with E-state index >= 15 is 0 Å². The normalized spacial score (nSPS) is 10.3. The molecule has 25 heavy (non-hydrogen) atoms. The standard InChI is InChI=1S/C18H20N2O5/c1-5-7-19-17(22)15-16(21)11-9-13(24-3)14(25-4)10-12(11)20(8-6-2)18(15)23/h5-6,9-10,21H,1-2,7-8H2,3-4H3,(H,19,22). The van der Waals surface area contributed by atoms with Gasteiger partial charge in [-0.05, 0) is 6.07 Å². The van der Waals surface area contributed by atoms with E-state index in [0.29, 0.717) is 22.4 Å². The van der Waals surface area contributed by atoms with Crippen molar-refractivity contribution in [1.82, 2.24) is 9.88 Å². The third-order valence-electron chi connectivity index (χ3n) is 3.69. The monoisotopic (exact) mass is 344 g/mol. The molecule has 1 aromatic carbocycles. The van der Waals surface area contributed by atoms with E-state index in [2.05, 4.69) is 18.5 Å². The maximum absolute atomic E-state index is 12.7. The Morgan fingerprint density at radius 2 is 1.88 bits per heavy atom. The van der Waals surface area contributed by atoms with Crippen LogP contribution >= 0.6 is 0 Å². The molecule has 0 fully saturated rings. The Balaban J connectivity index is 2.88. The number of nitrogens with one attached hydrogen (secondary N) is 1. The SMILES string of the molecule is C=CCNC(=O)c1c(O)c2cc(OC)c(OC)cc2n(CC=C)c1=O. The molecule has 1 heterocycles. The molecule has 132 valence electrons. The second-order valence-corrected chi connectivity index (χ2v) is 5.15. The van der Waals surface area contributed by atoms with Crippen LogP contribution in [0, 0.1) is 0 Å². The van der Waals surface area contributed by atoms with E-state index in [-0.39, 0.29) is 18.7 Å². The van der Waals surface area contributed by atoms with Crippen molar-refractivity contribution in [1.29, 1.82) is 0 Å². The Bertz CT molecular complexity index is 899. The fourth-order valence-electron chi connectivity index (χ4n) is 2.53. The van der Waals surface area contributed by atoms with Crippen molar-refractivity contribution in [3.05, 3.63) is 53.4 Å². The average Bonchev–Trinajstić information content (AvgIpc) is 2.62. The number of nitrogens with zero attached hydrogens (tertiary/aromatic N) is 1. The van der Waals surface area contributed by atoms with E-state index in [9.17, 15) is 14.7 Å². The van der Waals surface area contributed by atoms with Crippen LogP contribution in [-0.4, -0.2) is 36.3 Å². The summed E-state index contributed by atoms with van der Waals surface area (Å²) < 4.78 is 11.8. The van der Waals surface area contributed by atoms with Gasteiger partial charge in [0.2, 0.25) is 0 Å². The number of hydrogen-bond acceptors (Lipinski definition) is 5. The van der Waals surface area contributed by atoms with Crippen molar-refractivity contribution in [2.45, 2.75) is 6.54 Å². The van der Waals surface area contributed by atoms with Crippen molar-refractivity contribution in [2.75, 3.05) is 20.8 Å². The molecule has 2 N–H and O–H groups in total. The molecule has 2 aromatic rings. The molecule has 0 saturated heterocycles. The van der Waals surface area contributed by atoms with Gasteiger partial charge in [0, 0.05) is 24.5 Å². The van der Waals surface area contributed by atoms with Crippen molar-refractivity contribution in [3.63, 3.8) is 0 Å². The quantitative estimate of drug-likeness (QED) is 0.748. The van der Waals surface area contributed by atoms with Gasteiger partial charge in [0.05, 0.1) is 19.7 Å². The predicted octanol–water partition coefficient (Wildman–Crippen LogP) is 1.83. The Kier molecular flexibility index (Phi) is 5.49. The van der Waals surface area contributed by atoms with Gasteiger partial charge in [0.1, 0.15) is 11.3 Å². The highest BCUT2D eigenvalue weighted by molar-refractivity contribution is 6.03. The molecule has 0 aliphatic heterocycles. The summed E-state index contributed by atoms with van der Waals surface area (Å²) in [6.07, 6.45) is 3.01. The summed E-state index contributed by atoms with van der Waals surface area (Å²) in [4.78, 5) is 25.1. The smallest absolute Gasteiger partial charge is 0.268 e. The maximum Gasteiger partial charge on any atom is 0.268 e. The molecule has 2 rings (SSSR count). The summed E-state index contributed by atoms with van der Waals surface area (Å²) in [5.74, 6) is -0.332. The number of methoxy groups -OCH3 is 2.